The van der Waals surface area contributed by atoms with Crippen LogP contribution >= 0.6 is 0 Å². The Morgan fingerprint density at radius 1 is 1.20 bits per heavy atom. The van der Waals surface area contributed by atoms with Gasteiger partial charge >= 0.3 is 0 Å². The Labute approximate surface area is 89.5 Å². The summed E-state index contributed by atoms with van der Waals surface area (Å²) in [4.78, 5) is 0. The molecule has 0 atom stereocenters. The Hall–Kier alpha value is -1.12. The number of halogens is 2. The summed E-state index contributed by atoms with van der Waals surface area (Å²) < 4.78 is 26.5. The highest BCUT2D eigenvalue weighted by atomic mass is 19.1. The molecule has 84 valence electrons. The second kappa shape index (κ2) is 5.10. The van der Waals surface area contributed by atoms with Crippen LogP contribution in [-0.2, 0) is 0 Å². The lowest BCUT2D eigenvalue weighted by atomic mass is 10.1. The highest BCUT2D eigenvalue weighted by Gasteiger charge is 2.06. The molecule has 0 radical (unpaired) electrons. The molecular weight excluding hydrogens is 196 g/mol. The average molecular weight is 213 g/mol. The van der Waals surface area contributed by atoms with E-state index in [-0.39, 0.29) is 11.5 Å². The van der Waals surface area contributed by atoms with Crippen molar-refractivity contribution in [3.8, 4) is 0 Å². The van der Waals surface area contributed by atoms with E-state index < -0.39 is 5.82 Å². The van der Waals surface area contributed by atoms with Crippen LogP contribution in [0.5, 0.6) is 0 Å². The van der Waals surface area contributed by atoms with E-state index >= 15 is 0 Å². The van der Waals surface area contributed by atoms with Gasteiger partial charge in [0.25, 0.3) is 0 Å². The second-order valence-electron chi connectivity index (χ2n) is 4.19. The third-order valence-electron chi connectivity index (χ3n) is 2.29. The van der Waals surface area contributed by atoms with Crippen molar-refractivity contribution >= 4 is 5.69 Å². The van der Waals surface area contributed by atoms with Crippen LogP contribution in [0.3, 0.4) is 0 Å². The molecule has 0 saturated carbocycles. The first-order chi connectivity index (χ1) is 7.00. The van der Waals surface area contributed by atoms with Gasteiger partial charge in [-0.15, -0.1) is 0 Å². The van der Waals surface area contributed by atoms with Crippen molar-refractivity contribution < 1.29 is 8.78 Å². The molecule has 1 N–H and O–H groups in total. The molecule has 1 nitrogen and oxygen atoms in total. The molecule has 0 bridgehead atoms. The number of nitrogens with one attached hydrogen (secondary N) is 1. The van der Waals surface area contributed by atoms with Gasteiger partial charge in [-0.2, -0.15) is 0 Å². The Morgan fingerprint density at radius 2 is 1.87 bits per heavy atom. The summed E-state index contributed by atoms with van der Waals surface area (Å²) in [6.07, 6.45) is 0.939. The van der Waals surface area contributed by atoms with Gasteiger partial charge < -0.3 is 5.32 Å². The summed E-state index contributed by atoms with van der Waals surface area (Å²) in [5.41, 5.74) is 0.584. The first kappa shape index (κ1) is 12.0. The molecule has 0 spiro atoms. The minimum atomic E-state index is -0.391. The van der Waals surface area contributed by atoms with Gasteiger partial charge in [0.2, 0.25) is 0 Å². The van der Waals surface area contributed by atoms with E-state index in [9.17, 15) is 8.78 Å². The van der Waals surface area contributed by atoms with Gasteiger partial charge in [-0.05, 0) is 30.9 Å². The molecule has 0 aliphatic rings. The topological polar surface area (TPSA) is 12.0 Å². The molecule has 0 unspecified atom stereocenters. The first-order valence-electron chi connectivity index (χ1n) is 5.20. The third kappa shape index (κ3) is 3.50. The van der Waals surface area contributed by atoms with E-state index in [0.717, 1.165) is 6.42 Å². The molecule has 1 aromatic rings. The number of hydrogen-bond donors (Lipinski definition) is 1. The highest BCUT2D eigenvalue weighted by molar-refractivity contribution is 5.46. The van der Waals surface area contributed by atoms with Gasteiger partial charge in [0.05, 0.1) is 5.69 Å². The molecule has 0 saturated heterocycles. The van der Waals surface area contributed by atoms with Gasteiger partial charge in [-0.25, -0.2) is 8.78 Å². The highest BCUT2D eigenvalue weighted by Crippen LogP contribution is 2.18. The standard InChI is InChI=1S/C12H17F2N/c1-8(2)4-5-15-12-7-10(13)9(3)6-11(12)14/h6-8,15H,4-5H2,1-3H3. The SMILES string of the molecule is Cc1cc(F)c(NCCC(C)C)cc1F. The van der Waals surface area contributed by atoms with E-state index in [1.807, 2.05) is 0 Å². The molecule has 15 heavy (non-hydrogen) atoms. The van der Waals surface area contributed by atoms with Crippen molar-refractivity contribution in [3.05, 3.63) is 29.3 Å². The third-order valence-corrected chi connectivity index (χ3v) is 2.29. The van der Waals surface area contributed by atoms with Gasteiger partial charge in [-0.1, -0.05) is 13.8 Å². The van der Waals surface area contributed by atoms with Crippen molar-refractivity contribution in [3.63, 3.8) is 0 Å². The van der Waals surface area contributed by atoms with Crippen LogP contribution in [-0.4, -0.2) is 6.54 Å². The number of anilines is 1. The summed E-state index contributed by atoms with van der Waals surface area (Å²) in [6.45, 7) is 6.40. The van der Waals surface area contributed by atoms with E-state index in [2.05, 4.69) is 19.2 Å². The van der Waals surface area contributed by atoms with Gasteiger partial charge in [-0.3, -0.25) is 0 Å². The van der Waals surface area contributed by atoms with Gasteiger partial charge in [0.15, 0.2) is 0 Å². The van der Waals surface area contributed by atoms with E-state index in [1.165, 1.54) is 12.1 Å². The first-order valence-corrected chi connectivity index (χ1v) is 5.20. The largest absolute Gasteiger partial charge is 0.383 e. The molecule has 0 aliphatic carbocycles. The number of aryl methyl sites for hydroxylation is 1. The fraction of sp³-hybridized carbons (Fsp3) is 0.500. The molecule has 0 aromatic heterocycles. The van der Waals surface area contributed by atoms with Crippen LogP contribution in [0, 0.1) is 24.5 Å². The fourth-order valence-corrected chi connectivity index (χ4v) is 1.28. The summed E-state index contributed by atoms with van der Waals surface area (Å²) >= 11 is 0. The van der Waals surface area contributed by atoms with Gasteiger partial charge in [0, 0.05) is 12.6 Å². The van der Waals surface area contributed by atoms with Crippen molar-refractivity contribution in [2.75, 3.05) is 11.9 Å². The lowest BCUT2D eigenvalue weighted by molar-refractivity contribution is 0.586. The zero-order chi connectivity index (χ0) is 11.4. The summed E-state index contributed by atoms with van der Waals surface area (Å²) in [6, 6.07) is 2.43. The summed E-state index contributed by atoms with van der Waals surface area (Å²) in [5.74, 6) is -0.211. The fourth-order valence-electron chi connectivity index (χ4n) is 1.28. The van der Waals surface area contributed by atoms with Crippen LogP contribution in [0.25, 0.3) is 0 Å². The lowest BCUT2D eigenvalue weighted by Crippen LogP contribution is -2.06. The molecule has 0 fully saturated rings. The minimum absolute atomic E-state index is 0.249. The molecule has 3 heteroatoms. The number of hydrogen-bond acceptors (Lipinski definition) is 1. The summed E-state index contributed by atoms with van der Waals surface area (Å²) in [5, 5.41) is 2.90. The zero-order valence-corrected chi connectivity index (χ0v) is 9.40. The predicted molar refractivity (Wildman–Crippen MR) is 59.0 cm³/mol. The molecule has 0 aliphatic heterocycles. The quantitative estimate of drug-likeness (QED) is 0.803. The lowest BCUT2D eigenvalue weighted by Gasteiger charge is -2.10. The minimum Gasteiger partial charge on any atom is -0.383 e. The van der Waals surface area contributed by atoms with Crippen molar-refractivity contribution in [1.29, 1.82) is 0 Å². The average Bonchev–Trinajstić information content (AvgIpc) is 2.13. The summed E-state index contributed by atoms with van der Waals surface area (Å²) in [7, 11) is 0. The maximum Gasteiger partial charge on any atom is 0.146 e. The number of benzene rings is 1. The van der Waals surface area contributed by atoms with Gasteiger partial charge in [0.1, 0.15) is 11.6 Å². The zero-order valence-electron chi connectivity index (χ0n) is 9.40. The van der Waals surface area contributed by atoms with E-state index in [1.54, 1.807) is 6.92 Å². The number of rotatable bonds is 4. The molecule has 1 rings (SSSR count). The second-order valence-corrected chi connectivity index (χ2v) is 4.19. The smallest absolute Gasteiger partial charge is 0.146 e. The monoisotopic (exact) mass is 213 g/mol. The Balaban J connectivity index is 2.65. The van der Waals surface area contributed by atoms with Crippen LogP contribution in [0.4, 0.5) is 14.5 Å². The Kier molecular flexibility index (Phi) is 4.06. The molecule has 0 heterocycles. The Morgan fingerprint density at radius 3 is 2.47 bits per heavy atom. The van der Waals surface area contributed by atoms with Crippen molar-refractivity contribution in [1.82, 2.24) is 0 Å². The maximum atomic E-state index is 13.3. The predicted octanol–water partition coefficient (Wildman–Crippen LogP) is 3.73. The Bertz CT molecular complexity index is 335. The van der Waals surface area contributed by atoms with Crippen molar-refractivity contribution in [2.24, 2.45) is 5.92 Å². The van der Waals surface area contributed by atoms with Crippen LogP contribution in [0.2, 0.25) is 0 Å². The van der Waals surface area contributed by atoms with Crippen LogP contribution in [0.1, 0.15) is 25.8 Å². The van der Waals surface area contributed by atoms with E-state index in [4.69, 9.17) is 0 Å². The molecule has 0 amide bonds. The van der Waals surface area contributed by atoms with Crippen molar-refractivity contribution in [2.45, 2.75) is 27.2 Å². The molecular formula is C12H17F2N. The maximum absolute atomic E-state index is 13.3. The van der Waals surface area contributed by atoms with Crippen LogP contribution < -0.4 is 5.32 Å². The molecule has 1 aromatic carbocycles. The normalized spacial score (nSPS) is 10.8. The van der Waals surface area contributed by atoms with Crippen LogP contribution in [0.15, 0.2) is 12.1 Å². The van der Waals surface area contributed by atoms with E-state index in [0.29, 0.717) is 18.0 Å².